The van der Waals surface area contributed by atoms with E-state index in [4.69, 9.17) is 15.5 Å². The number of nitrogens with one attached hydrogen (secondary N) is 1. The van der Waals surface area contributed by atoms with Gasteiger partial charge in [0.15, 0.2) is 0 Å². The van der Waals surface area contributed by atoms with Crippen molar-refractivity contribution >= 4 is 6.09 Å². The zero-order valence-electron chi connectivity index (χ0n) is 18.5. The van der Waals surface area contributed by atoms with Crippen LogP contribution in [0.15, 0.2) is 66.9 Å². The quantitative estimate of drug-likeness (QED) is 0.515. The predicted molar refractivity (Wildman–Crippen MR) is 124 cm³/mol. The van der Waals surface area contributed by atoms with Crippen LogP contribution in [0.1, 0.15) is 44.6 Å². The number of imidazole rings is 1. The molecule has 0 saturated carbocycles. The van der Waals surface area contributed by atoms with Crippen LogP contribution in [-0.2, 0) is 11.3 Å². The minimum absolute atomic E-state index is 0.277. The predicted octanol–water partition coefficient (Wildman–Crippen LogP) is 4.76. The molecule has 2 aromatic carbocycles. The highest BCUT2D eigenvalue weighted by atomic mass is 16.5. The summed E-state index contributed by atoms with van der Waals surface area (Å²) in [5, 5.41) is 3.04. The van der Waals surface area contributed by atoms with Gasteiger partial charge in [-0.1, -0.05) is 81.4 Å². The molecular weight excluding hydrogens is 388 g/mol. The summed E-state index contributed by atoms with van der Waals surface area (Å²) in [6.07, 6.45) is 2.23. The van der Waals surface area contributed by atoms with Gasteiger partial charge in [0.25, 0.3) is 0 Å². The van der Waals surface area contributed by atoms with Gasteiger partial charge >= 0.3 is 6.09 Å². The number of nitrogens with two attached hydrogens (primary N) is 1. The highest BCUT2D eigenvalue weighted by molar-refractivity contribution is 5.68. The highest BCUT2D eigenvalue weighted by Crippen LogP contribution is 2.34. The first-order chi connectivity index (χ1) is 14.9. The largest absolute Gasteiger partial charge is 0.449 e. The summed E-state index contributed by atoms with van der Waals surface area (Å²) in [6, 6.07) is 20.0. The van der Waals surface area contributed by atoms with Gasteiger partial charge in [0.1, 0.15) is 5.82 Å². The fourth-order valence-corrected chi connectivity index (χ4v) is 3.39. The van der Waals surface area contributed by atoms with Crippen LogP contribution in [0.4, 0.5) is 4.79 Å². The molecule has 0 spiro atoms. The first-order valence-electron chi connectivity index (χ1n) is 10.7. The van der Waals surface area contributed by atoms with Gasteiger partial charge in [0.2, 0.25) is 0 Å². The van der Waals surface area contributed by atoms with Crippen molar-refractivity contribution in [3.8, 4) is 11.3 Å². The summed E-state index contributed by atoms with van der Waals surface area (Å²) in [5.74, 6) is 0.797. The molecule has 3 aromatic rings. The van der Waals surface area contributed by atoms with Gasteiger partial charge in [-0.2, -0.15) is 0 Å². The highest BCUT2D eigenvalue weighted by Gasteiger charge is 2.32. The normalized spacial score (nSPS) is 12.4. The SMILES string of the molecule is CC(C)(C)[C@@H](NC(=O)OCCCN)c1nc(-c2ccccc2)cn1Cc1ccccc1. The summed E-state index contributed by atoms with van der Waals surface area (Å²) in [6.45, 7) is 7.70. The van der Waals surface area contributed by atoms with Crippen molar-refractivity contribution in [1.82, 2.24) is 14.9 Å². The second-order valence-corrected chi connectivity index (χ2v) is 8.69. The molecule has 1 heterocycles. The van der Waals surface area contributed by atoms with E-state index in [1.165, 1.54) is 5.56 Å². The lowest BCUT2D eigenvalue weighted by Crippen LogP contribution is -2.39. The van der Waals surface area contributed by atoms with E-state index in [1.807, 2.05) is 48.5 Å². The molecule has 3 N–H and O–H groups in total. The number of carbonyl (C=O) groups excluding carboxylic acids is 1. The number of nitrogens with zero attached hydrogens (tertiary/aromatic N) is 2. The maximum Gasteiger partial charge on any atom is 0.407 e. The van der Waals surface area contributed by atoms with E-state index in [0.29, 0.717) is 26.1 Å². The van der Waals surface area contributed by atoms with Gasteiger partial charge < -0.3 is 20.4 Å². The molecule has 0 radical (unpaired) electrons. The molecule has 1 aromatic heterocycles. The first kappa shape index (κ1) is 22.6. The number of amides is 1. The van der Waals surface area contributed by atoms with Gasteiger partial charge in [-0.3, -0.25) is 0 Å². The van der Waals surface area contributed by atoms with Crippen LogP contribution in [0.25, 0.3) is 11.3 Å². The molecule has 0 aliphatic carbocycles. The van der Waals surface area contributed by atoms with E-state index in [-0.39, 0.29) is 11.5 Å². The third-order valence-corrected chi connectivity index (χ3v) is 5.04. The summed E-state index contributed by atoms with van der Waals surface area (Å²) < 4.78 is 7.43. The van der Waals surface area contributed by atoms with Gasteiger partial charge in [-0.15, -0.1) is 0 Å². The monoisotopic (exact) mass is 420 g/mol. The van der Waals surface area contributed by atoms with Gasteiger partial charge in [0, 0.05) is 18.3 Å². The molecule has 1 atom stereocenters. The van der Waals surface area contributed by atoms with E-state index >= 15 is 0 Å². The molecule has 0 aliphatic heterocycles. The van der Waals surface area contributed by atoms with Gasteiger partial charge in [0.05, 0.1) is 18.3 Å². The number of benzene rings is 2. The van der Waals surface area contributed by atoms with E-state index in [1.54, 1.807) is 0 Å². The number of carbonyl (C=O) groups is 1. The molecule has 6 heteroatoms. The molecule has 31 heavy (non-hydrogen) atoms. The Kier molecular flexibility index (Phi) is 7.47. The second kappa shape index (κ2) is 10.3. The molecule has 164 valence electrons. The third kappa shape index (κ3) is 6.18. The fourth-order valence-electron chi connectivity index (χ4n) is 3.39. The average Bonchev–Trinajstić information content (AvgIpc) is 3.16. The van der Waals surface area contributed by atoms with Crippen molar-refractivity contribution in [3.63, 3.8) is 0 Å². The Morgan fingerprint density at radius 1 is 1.10 bits per heavy atom. The van der Waals surface area contributed by atoms with Crippen LogP contribution in [-0.4, -0.2) is 28.8 Å². The molecular formula is C25H32N4O2. The summed E-state index contributed by atoms with van der Waals surface area (Å²) in [7, 11) is 0. The van der Waals surface area contributed by atoms with Crippen LogP contribution in [0.5, 0.6) is 0 Å². The molecule has 0 aliphatic rings. The average molecular weight is 421 g/mol. The van der Waals surface area contributed by atoms with E-state index in [0.717, 1.165) is 17.1 Å². The fraction of sp³-hybridized carbons (Fsp3) is 0.360. The van der Waals surface area contributed by atoms with Crippen molar-refractivity contribution in [3.05, 3.63) is 78.2 Å². The number of ether oxygens (including phenoxy) is 1. The van der Waals surface area contributed by atoms with Crippen molar-refractivity contribution < 1.29 is 9.53 Å². The maximum absolute atomic E-state index is 12.5. The standard InChI is InChI=1S/C25H32N4O2/c1-25(2,3)22(28-24(30)31-16-10-15-26)23-27-21(20-13-8-5-9-14-20)18-29(23)17-19-11-6-4-7-12-19/h4-9,11-14,18,22H,10,15-17,26H2,1-3H3,(H,28,30)/t22-/m0/s1. The summed E-state index contributed by atoms with van der Waals surface area (Å²) in [5.41, 5.74) is 8.30. The lowest BCUT2D eigenvalue weighted by molar-refractivity contribution is 0.129. The molecule has 6 nitrogen and oxygen atoms in total. The third-order valence-electron chi connectivity index (χ3n) is 5.04. The van der Waals surface area contributed by atoms with Crippen molar-refractivity contribution in [2.24, 2.45) is 11.1 Å². The minimum atomic E-state index is -0.455. The smallest absolute Gasteiger partial charge is 0.407 e. The second-order valence-electron chi connectivity index (χ2n) is 8.69. The lowest BCUT2D eigenvalue weighted by Gasteiger charge is -2.31. The molecule has 0 fully saturated rings. The first-order valence-corrected chi connectivity index (χ1v) is 10.7. The van der Waals surface area contributed by atoms with E-state index < -0.39 is 6.09 Å². The number of rotatable bonds is 8. The van der Waals surface area contributed by atoms with Crippen LogP contribution in [0.2, 0.25) is 0 Å². The van der Waals surface area contributed by atoms with Crippen LogP contribution >= 0.6 is 0 Å². The van der Waals surface area contributed by atoms with Crippen molar-refractivity contribution in [2.45, 2.75) is 39.8 Å². The lowest BCUT2D eigenvalue weighted by atomic mass is 9.86. The molecule has 0 unspecified atom stereocenters. The zero-order valence-corrected chi connectivity index (χ0v) is 18.5. The Bertz CT molecular complexity index is 962. The number of hydrogen-bond donors (Lipinski definition) is 2. The topological polar surface area (TPSA) is 82.2 Å². The van der Waals surface area contributed by atoms with Gasteiger partial charge in [-0.25, -0.2) is 9.78 Å². The Labute approximate surface area is 184 Å². The zero-order chi connectivity index (χ0) is 22.3. The van der Waals surface area contributed by atoms with Crippen LogP contribution in [0.3, 0.4) is 0 Å². The van der Waals surface area contributed by atoms with Crippen molar-refractivity contribution in [2.75, 3.05) is 13.2 Å². The summed E-state index contributed by atoms with van der Waals surface area (Å²) in [4.78, 5) is 17.4. The number of aromatic nitrogens is 2. The van der Waals surface area contributed by atoms with Crippen LogP contribution in [0, 0.1) is 5.41 Å². The van der Waals surface area contributed by atoms with Gasteiger partial charge in [-0.05, 0) is 23.9 Å². The molecule has 3 rings (SSSR count). The maximum atomic E-state index is 12.5. The molecule has 1 amide bonds. The van der Waals surface area contributed by atoms with Crippen molar-refractivity contribution in [1.29, 1.82) is 0 Å². The number of alkyl carbamates (subject to hydrolysis) is 1. The van der Waals surface area contributed by atoms with E-state index in [9.17, 15) is 4.79 Å². The van der Waals surface area contributed by atoms with E-state index in [2.05, 4.69) is 49.0 Å². The number of hydrogen-bond acceptors (Lipinski definition) is 4. The molecule has 0 saturated heterocycles. The Morgan fingerprint density at radius 2 is 1.74 bits per heavy atom. The van der Waals surface area contributed by atoms with Crippen LogP contribution < -0.4 is 11.1 Å². The minimum Gasteiger partial charge on any atom is -0.449 e. The Hall–Kier alpha value is -3.12. The Morgan fingerprint density at radius 3 is 2.35 bits per heavy atom. The summed E-state index contributed by atoms with van der Waals surface area (Å²) >= 11 is 0. The molecule has 0 bridgehead atoms. The Balaban J connectivity index is 1.97.